The molecule has 1 aliphatic rings. The molecule has 17 heavy (non-hydrogen) atoms. The van der Waals surface area contributed by atoms with Crippen LogP contribution in [0.5, 0.6) is 0 Å². The van der Waals surface area contributed by atoms with Gasteiger partial charge in [-0.1, -0.05) is 18.2 Å². The maximum Gasteiger partial charge on any atom is 0.123 e. The molecule has 0 atom stereocenters. The van der Waals surface area contributed by atoms with Gasteiger partial charge in [-0.15, -0.1) is 0 Å². The molecule has 0 aromatic heterocycles. The highest BCUT2D eigenvalue weighted by Gasteiger charge is 2.11. The fraction of sp³-hybridized carbons (Fsp3) is 0.200. The monoisotopic (exact) mass is 227 g/mol. The Morgan fingerprint density at radius 2 is 2.00 bits per heavy atom. The average molecular weight is 227 g/mol. The maximum absolute atomic E-state index is 13.1. The quantitative estimate of drug-likeness (QED) is 0.782. The summed E-state index contributed by atoms with van der Waals surface area (Å²) < 4.78 is 13.1. The largest absolute Gasteiger partial charge is 0.384 e. The van der Waals surface area contributed by atoms with E-state index in [1.807, 2.05) is 13.0 Å². The molecule has 1 nitrogen and oxygen atoms in total. The van der Waals surface area contributed by atoms with Crippen molar-refractivity contribution in [2.75, 3.05) is 11.9 Å². The van der Waals surface area contributed by atoms with Crippen LogP contribution in [0.2, 0.25) is 0 Å². The predicted molar refractivity (Wildman–Crippen MR) is 68.8 cm³/mol. The summed E-state index contributed by atoms with van der Waals surface area (Å²) in [5, 5.41) is 3.37. The lowest BCUT2D eigenvalue weighted by Crippen LogP contribution is -1.91. The van der Waals surface area contributed by atoms with Gasteiger partial charge in [0.05, 0.1) is 0 Å². The first-order valence-corrected chi connectivity index (χ1v) is 5.87. The van der Waals surface area contributed by atoms with Gasteiger partial charge in [0, 0.05) is 12.2 Å². The molecule has 2 aromatic rings. The molecule has 2 heteroatoms. The van der Waals surface area contributed by atoms with Crippen LogP contribution >= 0.6 is 0 Å². The van der Waals surface area contributed by atoms with E-state index in [-0.39, 0.29) is 5.82 Å². The molecule has 0 saturated heterocycles. The van der Waals surface area contributed by atoms with Crippen LogP contribution in [0.1, 0.15) is 11.1 Å². The van der Waals surface area contributed by atoms with Crippen molar-refractivity contribution in [3.05, 3.63) is 53.3 Å². The van der Waals surface area contributed by atoms with Crippen LogP contribution in [-0.4, -0.2) is 6.54 Å². The Kier molecular flexibility index (Phi) is 2.36. The number of aryl methyl sites for hydroxylation is 1. The number of halogens is 1. The van der Waals surface area contributed by atoms with E-state index in [1.165, 1.54) is 17.3 Å². The van der Waals surface area contributed by atoms with Gasteiger partial charge in [-0.05, 0) is 53.8 Å². The van der Waals surface area contributed by atoms with Crippen LogP contribution < -0.4 is 5.32 Å². The highest BCUT2D eigenvalue weighted by molar-refractivity contribution is 5.73. The van der Waals surface area contributed by atoms with Gasteiger partial charge in [-0.25, -0.2) is 4.39 Å². The fourth-order valence-corrected chi connectivity index (χ4v) is 2.41. The molecular weight excluding hydrogens is 213 g/mol. The molecule has 0 fully saturated rings. The highest BCUT2D eigenvalue weighted by atomic mass is 19.1. The van der Waals surface area contributed by atoms with E-state index < -0.39 is 0 Å². The van der Waals surface area contributed by atoms with Crippen LogP contribution in [-0.2, 0) is 6.42 Å². The molecule has 86 valence electrons. The van der Waals surface area contributed by atoms with Gasteiger partial charge in [-0.2, -0.15) is 0 Å². The summed E-state index contributed by atoms with van der Waals surface area (Å²) in [7, 11) is 0. The maximum atomic E-state index is 13.1. The summed E-state index contributed by atoms with van der Waals surface area (Å²) in [5.74, 6) is -0.175. The first kappa shape index (κ1) is 10.3. The molecule has 0 bridgehead atoms. The minimum absolute atomic E-state index is 0.175. The highest BCUT2D eigenvalue weighted by Crippen LogP contribution is 2.30. The lowest BCUT2D eigenvalue weighted by molar-refractivity contribution is 0.627. The number of hydrogen-bond donors (Lipinski definition) is 1. The van der Waals surface area contributed by atoms with Gasteiger partial charge in [0.1, 0.15) is 5.82 Å². The van der Waals surface area contributed by atoms with Gasteiger partial charge in [0.15, 0.2) is 0 Å². The Labute approximate surface area is 100 Å². The van der Waals surface area contributed by atoms with Crippen LogP contribution in [0.4, 0.5) is 10.1 Å². The van der Waals surface area contributed by atoms with Crippen molar-refractivity contribution in [3.8, 4) is 11.1 Å². The van der Waals surface area contributed by atoms with E-state index in [2.05, 4.69) is 23.5 Å². The van der Waals surface area contributed by atoms with Crippen molar-refractivity contribution < 1.29 is 4.39 Å². The van der Waals surface area contributed by atoms with Crippen molar-refractivity contribution in [1.82, 2.24) is 0 Å². The van der Waals surface area contributed by atoms with E-state index in [9.17, 15) is 4.39 Å². The zero-order valence-corrected chi connectivity index (χ0v) is 9.76. The minimum Gasteiger partial charge on any atom is -0.384 e. The molecule has 1 N–H and O–H groups in total. The van der Waals surface area contributed by atoms with Crippen molar-refractivity contribution in [3.63, 3.8) is 0 Å². The Morgan fingerprint density at radius 3 is 2.82 bits per heavy atom. The molecule has 1 aliphatic heterocycles. The average Bonchev–Trinajstić information content (AvgIpc) is 2.75. The van der Waals surface area contributed by atoms with Crippen LogP contribution in [0.25, 0.3) is 11.1 Å². The van der Waals surface area contributed by atoms with E-state index in [4.69, 9.17) is 0 Å². The Morgan fingerprint density at radius 1 is 1.12 bits per heavy atom. The molecular formula is C15H14FN. The normalized spacial score (nSPS) is 13.3. The van der Waals surface area contributed by atoms with Gasteiger partial charge in [0.25, 0.3) is 0 Å². The van der Waals surface area contributed by atoms with Crippen LogP contribution in [0.15, 0.2) is 36.4 Å². The topological polar surface area (TPSA) is 12.0 Å². The van der Waals surface area contributed by atoms with Crippen molar-refractivity contribution in [1.29, 1.82) is 0 Å². The summed E-state index contributed by atoms with van der Waals surface area (Å²) in [5.41, 5.74) is 5.81. The second kappa shape index (κ2) is 3.88. The summed E-state index contributed by atoms with van der Waals surface area (Å²) in [6, 6.07) is 11.4. The SMILES string of the molecule is Cc1cc(F)ccc1-c1ccc2c(c1)NCC2. The zero-order valence-electron chi connectivity index (χ0n) is 9.76. The Bertz CT molecular complexity index is 575. The molecule has 0 saturated carbocycles. The standard InChI is InChI=1S/C15H14FN/c1-10-8-13(16)4-5-14(10)12-3-2-11-6-7-17-15(11)9-12/h2-5,8-9,17H,6-7H2,1H3. The molecule has 0 radical (unpaired) electrons. The number of fused-ring (bicyclic) bond motifs is 1. The van der Waals surface area contributed by atoms with Crippen molar-refractivity contribution in [2.24, 2.45) is 0 Å². The Balaban J connectivity index is 2.09. The predicted octanol–water partition coefficient (Wildman–Crippen LogP) is 3.77. The molecule has 3 rings (SSSR count). The number of hydrogen-bond acceptors (Lipinski definition) is 1. The van der Waals surface area contributed by atoms with Crippen molar-refractivity contribution >= 4 is 5.69 Å². The molecule has 0 amide bonds. The molecule has 0 spiro atoms. The third-order valence-corrected chi connectivity index (χ3v) is 3.32. The third kappa shape index (κ3) is 1.80. The zero-order chi connectivity index (χ0) is 11.8. The summed E-state index contributed by atoms with van der Waals surface area (Å²) in [6.07, 6.45) is 1.10. The number of nitrogens with one attached hydrogen (secondary N) is 1. The number of benzene rings is 2. The number of anilines is 1. The smallest absolute Gasteiger partial charge is 0.123 e. The van der Waals surface area contributed by atoms with E-state index in [0.717, 1.165) is 29.7 Å². The number of rotatable bonds is 1. The lowest BCUT2D eigenvalue weighted by Gasteiger charge is -2.08. The fourth-order valence-electron chi connectivity index (χ4n) is 2.41. The van der Waals surface area contributed by atoms with Crippen molar-refractivity contribution in [2.45, 2.75) is 13.3 Å². The van der Waals surface area contributed by atoms with Crippen LogP contribution in [0.3, 0.4) is 0 Å². The minimum atomic E-state index is -0.175. The molecule has 0 unspecified atom stereocenters. The van der Waals surface area contributed by atoms with Gasteiger partial charge in [0.2, 0.25) is 0 Å². The van der Waals surface area contributed by atoms with Crippen LogP contribution in [0, 0.1) is 12.7 Å². The molecule has 2 aromatic carbocycles. The summed E-state index contributed by atoms with van der Waals surface area (Å²) >= 11 is 0. The first-order valence-electron chi connectivity index (χ1n) is 5.87. The second-order valence-corrected chi connectivity index (χ2v) is 4.51. The summed E-state index contributed by atoms with van der Waals surface area (Å²) in [4.78, 5) is 0. The van der Waals surface area contributed by atoms with E-state index in [1.54, 1.807) is 6.07 Å². The molecule has 1 heterocycles. The Hall–Kier alpha value is -1.83. The van der Waals surface area contributed by atoms with Gasteiger partial charge in [-0.3, -0.25) is 0 Å². The van der Waals surface area contributed by atoms with E-state index in [0.29, 0.717) is 0 Å². The first-order chi connectivity index (χ1) is 8.24. The van der Waals surface area contributed by atoms with Gasteiger partial charge >= 0.3 is 0 Å². The van der Waals surface area contributed by atoms with E-state index >= 15 is 0 Å². The third-order valence-electron chi connectivity index (χ3n) is 3.32. The lowest BCUT2D eigenvalue weighted by atomic mass is 9.98. The molecule has 0 aliphatic carbocycles. The summed E-state index contributed by atoms with van der Waals surface area (Å²) in [6.45, 7) is 2.96. The second-order valence-electron chi connectivity index (χ2n) is 4.51. The van der Waals surface area contributed by atoms with Gasteiger partial charge < -0.3 is 5.32 Å².